The second-order valence-electron chi connectivity index (χ2n) is 9.79. The number of nitriles is 1. The zero-order valence-electron chi connectivity index (χ0n) is 23.0. The maximum Gasteiger partial charge on any atom is 0.333 e. The summed E-state index contributed by atoms with van der Waals surface area (Å²) >= 11 is 0. The summed E-state index contributed by atoms with van der Waals surface area (Å²) in [7, 11) is 0. The molecule has 1 aliphatic rings. The van der Waals surface area contributed by atoms with Crippen LogP contribution in [0.25, 0.3) is 21.9 Å². The van der Waals surface area contributed by atoms with Gasteiger partial charge in [-0.1, -0.05) is 30.2 Å². The number of imidazole rings is 1. The summed E-state index contributed by atoms with van der Waals surface area (Å²) in [6, 6.07) is 9.25. The highest BCUT2D eigenvalue weighted by molar-refractivity contribution is 5.89. The van der Waals surface area contributed by atoms with Gasteiger partial charge < -0.3 is 15.4 Å². The van der Waals surface area contributed by atoms with Gasteiger partial charge in [0, 0.05) is 36.1 Å². The molecular weight excluding hydrogens is 524 g/mol. The zero-order chi connectivity index (χ0) is 29.1. The Morgan fingerprint density at radius 1 is 1.20 bits per heavy atom. The van der Waals surface area contributed by atoms with E-state index in [1.54, 1.807) is 42.7 Å². The molecule has 41 heavy (non-hydrogen) atoms. The molecule has 2 N–H and O–H groups in total. The Morgan fingerprint density at radius 2 is 1.98 bits per heavy atom. The lowest BCUT2D eigenvalue weighted by atomic mass is 10.1. The van der Waals surface area contributed by atoms with Crippen LogP contribution in [0.3, 0.4) is 0 Å². The third-order valence-electron chi connectivity index (χ3n) is 7.15. The maximum atomic E-state index is 14.1. The Morgan fingerprint density at radius 3 is 2.68 bits per heavy atom. The number of nitrogens with two attached hydrogens (primary N) is 1. The topological polar surface area (TPSA) is 154 Å². The number of benzene rings is 1. The first-order valence-corrected chi connectivity index (χ1v) is 13.4. The minimum absolute atomic E-state index is 0.0663. The predicted octanol–water partition coefficient (Wildman–Crippen LogP) is 1.34. The van der Waals surface area contributed by atoms with E-state index in [0.717, 1.165) is 17.4 Å². The number of piperidine rings is 1. The van der Waals surface area contributed by atoms with E-state index in [4.69, 9.17) is 15.5 Å². The molecule has 0 amide bonds. The van der Waals surface area contributed by atoms with Gasteiger partial charge >= 0.3 is 11.7 Å². The van der Waals surface area contributed by atoms with Crippen LogP contribution < -0.4 is 21.9 Å². The number of carbonyl (C=O) groups is 1. The number of carbonyl (C=O) groups excluding carboxylic acids is 1. The summed E-state index contributed by atoms with van der Waals surface area (Å²) in [5.41, 5.74) is 5.98. The van der Waals surface area contributed by atoms with Gasteiger partial charge in [-0.05, 0) is 26.7 Å². The molecule has 1 aliphatic heterocycles. The zero-order valence-corrected chi connectivity index (χ0v) is 23.0. The average molecular weight is 555 g/mol. The highest BCUT2D eigenvalue weighted by Gasteiger charge is 2.28. The minimum atomic E-state index is -0.723. The molecular formula is C29H30N8O4. The van der Waals surface area contributed by atoms with Crippen LogP contribution in [0.4, 0.5) is 5.95 Å². The molecule has 4 heterocycles. The number of hydrogen-bond donors (Lipinski definition) is 1. The number of anilines is 1. The highest BCUT2D eigenvalue weighted by atomic mass is 16.5. The van der Waals surface area contributed by atoms with Crippen molar-refractivity contribution in [2.45, 2.75) is 52.4 Å². The van der Waals surface area contributed by atoms with E-state index in [1.807, 2.05) is 4.90 Å². The van der Waals surface area contributed by atoms with Gasteiger partial charge in [-0.2, -0.15) is 10.2 Å². The summed E-state index contributed by atoms with van der Waals surface area (Å²) < 4.78 is 9.05. The molecule has 1 fully saturated rings. The van der Waals surface area contributed by atoms with Crippen molar-refractivity contribution in [3.05, 3.63) is 62.6 Å². The van der Waals surface area contributed by atoms with Crippen LogP contribution in [0.15, 0.2) is 40.1 Å². The van der Waals surface area contributed by atoms with E-state index in [9.17, 15) is 19.6 Å². The highest BCUT2D eigenvalue weighted by Crippen LogP contribution is 2.24. The van der Waals surface area contributed by atoms with Gasteiger partial charge in [0.25, 0.3) is 5.56 Å². The molecule has 12 heteroatoms. The number of fused-ring (bicyclic) bond motifs is 2. The van der Waals surface area contributed by atoms with Crippen molar-refractivity contribution in [3.8, 4) is 17.9 Å². The molecule has 0 saturated carbocycles. The smallest absolute Gasteiger partial charge is 0.333 e. The molecule has 12 nitrogen and oxygen atoms in total. The van der Waals surface area contributed by atoms with Crippen LogP contribution in [0.1, 0.15) is 37.9 Å². The number of aromatic nitrogens is 5. The van der Waals surface area contributed by atoms with E-state index < -0.39 is 23.8 Å². The third kappa shape index (κ3) is 5.17. The van der Waals surface area contributed by atoms with Crippen molar-refractivity contribution in [2.75, 3.05) is 24.6 Å². The monoisotopic (exact) mass is 554 g/mol. The summed E-state index contributed by atoms with van der Waals surface area (Å²) in [4.78, 5) is 51.8. The van der Waals surface area contributed by atoms with Gasteiger partial charge in [0.1, 0.15) is 12.6 Å². The molecule has 0 spiro atoms. The number of ether oxygens (including phenoxy) is 1. The Balaban J connectivity index is 1.77. The summed E-state index contributed by atoms with van der Waals surface area (Å²) in [5.74, 6) is 5.70. The molecule has 4 aromatic rings. The molecule has 0 aliphatic carbocycles. The van der Waals surface area contributed by atoms with Crippen molar-refractivity contribution in [1.29, 1.82) is 5.26 Å². The fourth-order valence-electron chi connectivity index (χ4n) is 5.25. The van der Waals surface area contributed by atoms with Crippen LogP contribution in [0.5, 0.6) is 0 Å². The Bertz CT molecular complexity index is 1870. The van der Waals surface area contributed by atoms with Gasteiger partial charge in [0.15, 0.2) is 11.2 Å². The molecule has 1 aromatic carbocycles. The van der Waals surface area contributed by atoms with Gasteiger partial charge in [-0.15, -0.1) is 5.92 Å². The van der Waals surface area contributed by atoms with Crippen molar-refractivity contribution < 1.29 is 9.53 Å². The van der Waals surface area contributed by atoms with Crippen molar-refractivity contribution in [2.24, 2.45) is 5.73 Å². The summed E-state index contributed by atoms with van der Waals surface area (Å²) in [6.07, 6.45) is 3.15. The van der Waals surface area contributed by atoms with Crippen LogP contribution in [0, 0.1) is 23.2 Å². The maximum absolute atomic E-state index is 14.1. The van der Waals surface area contributed by atoms with Crippen molar-refractivity contribution in [1.82, 2.24) is 23.7 Å². The van der Waals surface area contributed by atoms with E-state index in [0.29, 0.717) is 41.1 Å². The van der Waals surface area contributed by atoms with Crippen LogP contribution in [-0.4, -0.2) is 55.4 Å². The number of pyridine rings is 1. The third-order valence-corrected chi connectivity index (χ3v) is 7.15. The normalized spacial score (nSPS) is 15.0. The van der Waals surface area contributed by atoms with Crippen molar-refractivity contribution >= 4 is 33.9 Å². The lowest BCUT2D eigenvalue weighted by molar-refractivity contribution is -0.143. The predicted molar refractivity (Wildman–Crippen MR) is 153 cm³/mol. The molecule has 1 unspecified atom stereocenters. The van der Waals surface area contributed by atoms with Crippen LogP contribution in [0.2, 0.25) is 0 Å². The van der Waals surface area contributed by atoms with Gasteiger partial charge in [0.05, 0.1) is 31.0 Å². The molecule has 210 valence electrons. The van der Waals surface area contributed by atoms with E-state index >= 15 is 0 Å². The molecule has 1 atom stereocenters. The molecule has 0 bridgehead atoms. The van der Waals surface area contributed by atoms with Gasteiger partial charge in [-0.3, -0.25) is 28.3 Å². The van der Waals surface area contributed by atoms with Crippen LogP contribution >= 0.6 is 0 Å². The largest absolute Gasteiger partial charge is 0.465 e. The first-order valence-electron chi connectivity index (χ1n) is 13.4. The van der Waals surface area contributed by atoms with E-state index in [2.05, 4.69) is 22.9 Å². The Kier molecular flexibility index (Phi) is 7.86. The first kappa shape index (κ1) is 27.6. The lowest BCUT2D eigenvalue weighted by Crippen LogP contribution is -2.44. The second kappa shape index (κ2) is 11.7. The summed E-state index contributed by atoms with van der Waals surface area (Å²) in [6.45, 7) is 4.25. The van der Waals surface area contributed by atoms with E-state index in [1.165, 1.54) is 10.8 Å². The fraction of sp³-hybridized carbons (Fsp3) is 0.379. The lowest BCUT2D eigenvalue weighted by Gasteiger charge is -2.31. The van der Waals surface area contributed by atoms with Crippen LogP contribution in [-0.2, 0) is 29.2 Å². The van der Waals surface area contributed by atoms with Gasteiger partial charge in [0.2, 0.25) is 5.95 Å². The Labute approximate surface area is 235 Å². The molecule has 3 aromatic heterocycles. The molecule has 5 rings (SSSR count). The quantitative estimate of drug-likeness (QED) is 0.263. The van der Waals surface area contributed by atoms with Gasteiger partial charge in [-0.25, -0.2) is 4.79 Å². The second-order valence-corrected chi connectivity index (χ2v) is 9.79. The van der Waals surface area contributed by atoms with Crippen molar-refractivity contribution in [3.63, 3.8) is 0 Å². The number of hydrogen-bond acceptors (Lipinski definition) is 9. The molecule has 1 saturated heterocycles. The number of nitrogens with zero attached hydrogens (tertiary/aromatic N) is 7. The average Bonchev–Trinajstić information content (AvgIpc) is 3.36. The summed E-state index contributed by atoms with van der Waals surface area (Å²) in [5, 5.41) is 10.8. The number of rotatable bonds is 7. The number of esters is 1. The SMILES string of the molecule is CC#CCn1c(N2CCCC(N)C2)nc2c1c(=O)n(Cc1ncc(C#N)c3ccccc13)c(=O)n2CC(=O)OCC. The standard InChI is InChI=1S/C29H30N8O4/c1-3-5-13-35-25-26(33-28(35)34-12-8-9-20(31)16-34)36(18-24(38)41-4-2)29(40)37(27(25)39)17-23-22-11-7-6-10-21(22)19(14-30)15-32-23/h6-7,10-11,15,20H,4,8-9,12-13,16-18,31H2,1-2H3. The van der Waals surface area contributed by atoms with E-state index in [-0.39, 0.29) is 36.9 Å². The minimum Gasteiger partial charge on any atom is -0.465 e. The molecule has 0 radical (unpaired) electrons. The fourth-order valence-corrected chi connectivity index (χ4v) is 5.25. The first-order chi connectivity index (χ1) is 19.9. The Hall–Kier alpha value is -4.94.